The van der Waals surface area contributed by atoms with Crippen LogP contribution >= 0.6 is 0 Å². The molecule has 0 aromatic rings. The number of ether oxygens (including phenoxy) is 1. The maximum Gasteiger partial charge on any atom is 0.0727 e. The van der Waals surface area contributed by atoms with Crippen LogP contribution in [0.15, 0.2) is 0 Å². The molecular formula is C8H18N2O. The van der Waals surface area contributed by atoms with Gasteiger partial charge in [0.1, 0.15) is 0 Å². The monoisotopic (exact) mass is 158 g/mol. The third-order valence-corrected chi connectivity index (χ3v) is 2.30. The third kappa shape index (κ3) is 2.43. The van der Waals surface area contributed by atoms with Crippen molar-refractivity contribution in [2.75, 3.05) is 6.61 Å². The molecule has 1 heterocycles. The molecule has 2 unspecified atom stereocenters. The second-order valence-corrected chi connectivity index (χ2v) is 3.28. The highest BCUT2D eigenvalue weighted by Crippen LogP contribution is 2.15. The van der Waals surface area contributed by atoms with Crippen molar-refractivity contribution < 1.29 is 4.74 Å². The van der Waals surface area contributed by atoms with Crippen molar-refractivity contribution in [2.45, 2.75) is 44.4 Å². The molecule has 66 valence electrons. The number of hydrogen-bond acceptors (Lipinski definition) is 3. The molecule has 0 spiro atoms. The van der Waals surface area contributed by atoms with E-state index in [1.54, 1.807) is 0 Å². The van der Waals surface area contributed by atoms with Gasteiger partial charge in [-0.25, -0.2) is 0 Å². The average Bonchev–Trinajstić information content (AvgIpc) is 2.05. The van der Waals surface area contributed by atoms with Crippen LogP contribution in [0.3, 0.4) is 0 Å². The van der Waals surface area contributed by atoms with Gasteiger partial charge in [0.15, 0.2) is 0 Å². The zero-order valence-electron chi connectivity index (χ0n) is 7.12. The molecule has 1 aliphatic heterocycles. The van der Waals surface area contributed by atoms with Gasteiger partial charge in [-0.3, -0.25) is 0 Å². The summed E-state index contributed by atoms with van der Waals surface area (Å²) in [7, 11) is 0. The highest BCUT2D eigenvalue weighted by Gasteiger charge is 2.22. The fourth-order valence-electron chi connectivity index (χ4n) is 1.39. The van der Waals surface area contributed by atoms with Gasteiger partial charge in [0.25, 0.3) is 0 Å². The SMILES string of the molecule is CCC(N)C1CC[C@@H](N)CO1. The van der Waals surface area contributed by atoms with Gasteiger partial charge in [0, 0.05) is 12.1 Å². The molecule has 3 atom stereocenters. The van der Waals surface area contributed by atoms with Gasteiger partial charge in [-0.05, 0) is 19.3 Å². The van der Waals surface area contributed by atoms with Crippen LogP contribution in [-0.4, -0.2) is 24.8 Å². The quantitative estimate of drug-likeness (QED) is 0.604. The van der Waals surface area contributed by atoms with E-state index in [-0.39, 0.29) is 18.2 Å². The lowest BCUT2D eigenvalue weighted by atomic mass is 9.99. The molecule has 0 aromatic heterocycles. The Kier molecular flexibility index (Phi) is 3.30. The van der Waals surface area contributed by atoms with E-state index < -0.39 is 0 Å². The normalized spacial score (nSPS) is 35.2. The molecule has 0 bridgehead atoms. The predicted octanol–water partition coefficient (Wildman–Crippen LogP) is 0.230. The first-order valence-corrected chi connectivity index (χ1v) is 4.36. The van der Waals surface area contributed by atoms with Crippen molar-refractivity contribution in [3.63, 3.8) is 0 Å². The van der Waals surface area contributed by atoms with Crippen molar-refractivity contribution in [2.24, 2.45) is 11.5 Å². The summed E-state index contributed by atoms with van der Waals surface area (Å²) < 4.78 is 5.49. The largest absolute Gasteiger partial charge is 0.375 e. The van der Waals surface area contributed by atoms with E-state index in [0.717, 1.165) is 19.3 Å². The van der Waals surface area contributed by atoms with E-state index in [2.05, 4.69) is 6.92 Å². The molecule has 1 saturated heterocycles. The average molecular weight is 158 g/mol. The van der Waals surface area contributed by atoms with Crippen molar-refractivity contribution in [3.05, 3.63) is 0 Å². The molecule has 0 aromatic carbocycles. The molecule has 4 N–H and O–H groups in total. The van der Waals surface area contributed by atoms with E-state index in [0.29, 0.717) is 6.61 Å². The van der Waals surface area contributed by atoms with E-state index in [1.807, 2.05) is 0 Å². The minimum absolute atomic E-state index is 0.197. The van der Waals surface area contributed by atoms with Gasteiger partial charge < -0.3 is 16.2 Å². The lowest BCUT2D eigenvalue weighted by Gasteiger charge is -2.30. The van der Waals surface area contributed by atoms with Crippen molar-refractivity contribution in [1.29, 1.82) is 0 Å². The first kappa shape index (κ1) is 8.97. The Labute approximate surface area is 68.1 Å². The van der Waals surface area contributed by atoms with E-state index in [4.69, 9.17) is 16.2 Å². The van der Waals surface area contributed by atoms with Crippen LogP contribution in [0.2, 0.25) is 0 Å². The summed E-state index contributed by atoms with van der Waals surface area (Å²) in [6.07, 6.45) is 3.31. The second kappa shape index (κ2) is 4.04. The second-order valence-electron chi connectivity index (χ2n) is 3.28. The van der Waals surface area contributed by atoms with E-state index in [9.17, 15) is 0 Å². The van der Waals surface area contributed by atoms with Crippen LogP contribution in [-0.2, 0) is 4.74 Å². The zero-order chi connectivity index (χ0) is 8.27. The molecule has 1 fully saturated rings. The summed E-state index contributed by atoms with van der Waals surface area (Å²) in [6.45, 7) is 2.76. The molecular weight excluding hydrogens is 140 g/mol. The lowest BCUT2D eigenvalue weighted by Crippen LogP contribution is -2.44. The van der Waals surface area contributed by atoms with Crippen LogP contribution in [0, 0.1) is 0 Å². The number of hydrogen-bond donors (Lipinski definition) is 2. The van der Waals surface area contributed by atoms with Crippen LogP contribution in [0.1, 0.15) is 26.2 Å². The lowest BCUT2D eigenvalue weighted by molar-refractivity contribution is -0.00978. The molecule has 0 aliphatic carbocycles. The first-order chi connectivity index (χ1) is 5.24. The third-order valence-electron chi connectivity index (χ3n) is 2.30. The van der Waals surface area contributed by atoms with Gasteiger partial charge in [0.2, 0.25) is 0 Å². The van der Waals surface area contributed by atoms with Gasteiger partial charge in [-0.1, -0.05) is 6.92 Å². The van der Waals surface area contributed by atoms with Crippen molar-refractivity contribution in [1.82, 2.24) is 0 Å². The maximum atomic E-state index is 5.83. The summed E-state index contributed by atoms with van der Waals surface area (Å²) in [5.41, 5.74) is 11.5. The summed E-state index contributed by atoms with van der Waals surface area (Å²) in [5.74, 6) is 0. The summed E-state index contributed by atoms with van der Waals surface area (Å²) >= 11 is 0. The zero-order valence-corrected chi connectivity index (χ0v) is 7.12. The van der Waals surface area contributed by atoms with Gasteiger partial charge >= 0.3 is 0 Å². The van der Waals surface area contributed by atoms with Crippen LogP contribution in [0.4, 0.5) is 0 Å². The summed E-state index contributed by atoms with van der Waals surface area (Å²) in [6, 6.07) is 0.429. The van der Waals surface area contributed by atoms with Crippen molar-refractivity contribution in [3.8, 4) is 0 Å². The fraction of sp³-hybridized carbons (Fsp3) is 1.00. The molecule has 0 saturated carbocycles. The Bertz CT molecular complexity index is 111. The molecule has 0 radical (unpaired) electrons. The minimum atomic E-state index is 0.197. The minimum Gasteiger partial charge on any atom is -0.375 e. The fourth-order valence-corrected chi connectivity index (χ4v) is 1.39. The van der Waals surface area contributed by atoms with Crippen molar-refractivity contribution >= 4 is 0 Å². The van der Waals surface area contributed by atoms with Crippen LogP contribution < -0.4 is 11.5 Å². The Morgan fingerprint density at radius 3 is 2.73 bits per heavy atom. The Morgan fingerprint density at radius 2 is 2.27 bits per heavy atom. The molecule has 3 nitrogen and oxygen atoms in total. The van der Waals surface area contributed by atoms with E-state index >= 15 is 0 Å². The molecule has 3 heteroatoms. The van der Waals surface area contributed by atoms with Crippen LogP contribution in [0.25, 0.3) is 0 Å². The number of nitrogens with two attached hydrogens (primary N) is 2. The van der Waals surface area contributed by atoms with Gasteiger partial charge in [-0.2, -0.15) is 0 Å². The predicted molar refractivity (Wildman–Crippen MR) is 45.2 cm³/mol. The highest BCUT2D eigenvalue weighted by molar-refractivity contribution is 4.79. The molecule has 11 heavy (non-hydrogen) atoms. The topological polar surface area (TPSA) is 61.3 Å². The number of rotatable bonds is 2. The molecule has 1 aliphatic rings. The standard InChI is InChI=1S/C8H18N2O/c1-2-7(10)8-4-3-6(9)5-11-8/h6-8H,2-5,9-10H2,1H3/t6-,7?,8?/m1/s1. The Morgan fingerprint density at radius 1 is 1.55 bits per heavy atom. The summed E-state index contributed by atoms with van der Waals surface area (Å²) in [5, 5.41) is 0. The van der Waals surface area contributed by atoms with Crippen LogP contribution in [0.5, 0.6) is 0 Å². The van der Waals surface area contributed by atoms with Gasteiger partial charge in [0.05, 0.1) is 12.7 Å². The molecule has 0 amide bonds. The van der Waals surface area contributed by atoms with Gasteiger partial charge in [-0.15, -0.1) is 0 Å². The Balaban J connectivity index is 2.27. The molecule has 1 rings (SSSR count). The first-order valence-electron chi connectivity index (χ1n) is 4.36. The van der Waals surface area contributed by atoms with E-state index in [1.165, 1.54) is 0 Å². The smallest absolute Gasteiger partial charge is 0.0727 e. The summed E-state index contributed by atoms with van der Waals surface area (Å²) in [4.78, 5) is 0. The Hall–Kier alpha value is -0.120. The highest BCUT2D eigenvalue weighted by atomic mass is 16.5. The maximum absolute atomic E-state index is 5.83.